The van der Waals surface area contributed by atoms with Crippen molar-refractivity contribution in [2.75, 3.05) is 13.1 Å². The minimum absolute atomic E-state index is 0.0145. The van der Waals surface area contributed by atoms with Gasteiger partial charge in [-0.05, 0) is 30.7 Å². The van der Waals surface area contributed by atoms with Crippen LogP contribution in [0, 0.1) is 17.1 Å². The third-order valence-corrected chi connectivity index (χ3v) is 2.80. The monoisotopic (exact) mass is 264 g/mol. The van der Waals surface area contributed by atoms with Gasteiger partial charge < -0.3 is 5.11 Å². The van der Waals surface area contributed by atoms with Crippen LogP contribution in [0.4, 0.5) is 4.39 Å². The van der Waals surface area contributed by atoms with Gasteiger partial charge in [0, 0.05) is 6.54 Å². The molecule has 1 atom stereocenters. The molecule has 1 aromatic carbocycles. The molecule has 0 aliphatic rings. The zero-order valence-electron chi connectivity index (χ0n) is 10.8. The van der Waals surface area contributed by atoms with Gasteiger partial charge in [-0.25, -0.2) is 4.39 Å². The van der Waals surface area contributed by atoms with E-state index >= 15 is 0 Å². The largest absolute Gasteiger partial charge is 0.481 e. The molecule has 0 amide bonds. The SMILES string of the molecule is CCCN(CCC(=O)O)C(C#N)c1ccc(F)cc1. The van der Waals surface area contributed by atoms with Gasteiger partial charge in [0.05, 0.1) is 12.5 Å². The smallest absolute Gasteiger partial charge is 0.304 e. The second-order valence-electron chi connectivity index (χ2n) is 4.26. The van der Waals surface area contributed by atoms with E-state index in [0.29, 0.717) is 18.7 Å². The second-order valence-corrected chi connectivity index (χ2v) is 4.26. The van der Waals surface area contributed by atoms with Gasteiger partial charge in [-0.1, -0.05) is 19.1 Å². The van der Waals surface area contributed by atoms with E-state index in [4.69, 9.17) is 5.11 Å². The fourth-order valence-electron chi connectivity index (χ4n) is 1.91. The van der Waals surface area contributed by atoms with Crippen LogP contribution in [-0.2, 0) is 4.79 Å². The summed E-state index contributed by atoms with van der Waals surface area (Å²) in [5.41, 5.74) is 0.683. The fraction of sp³-hybridized carbons (Fsp3) is 0.429. The molecule has 0 bridgehead atoms. The quantitative estimate of drug-likeness (QED) is 0.822. The Morgan fingerprint density at radius 1 is 1.42 bits per heavy atom. The first-order valence-electron chi connectivity index (χ1n) is 6.19. The van der Waals surface area contributed by atoms with Crippen LogP contribution in [-0.4, -0.2) is 29.1 Å². The summed E-state index contributed by atoms with van der Waals surface area (Å²) in [4.78, 5) is 12.4. The molecule has 0 saturated carbocycles. The highest BCUT2D eigenvalue weighted by atomic mass is 19.1. The van der Waals surface area contributed by atoms with Crippen molar-refractivity contribution in [3.63, 3.8) is 0 Å². The van der Waals surface area contributed by atoms with Crippen molar-refractivity contribution in [2.24, 2.45) is 0 Å². The molecule has 19 heavy (non-hydrogen) atoms. The van der Waals surface area contributed by atoms with Crippen molar-refractivity contribution in [1.82, 2.24) is 4.90 Å². The molecule has 1 rings (SSSR count). The van der Waals surface area contributed by atoms with E-state index < -0.39 is 12.0 Å². The molecule has 0 fully saturated rings. The summed E-state index contributed by atoms with van der Waals surface area (Å²) in [5.74, 6) is -1.25. The summed E-state index contributed by atoms with van der Waals surface area (Å²) in [6.07, 6.45) is 0.804. The topological polar surface area (TPSA) is 64.3 Å². The fourth-order valence-corrected chi connectivity index (χ4v) is 1.91. The number of benzene rings is 1. The Morgan fingerprint density at radius 3 is 2.53 bits per heavy atom. The lowest BCUT2D eigenvalue weighted by Crippen LogP contribution is -2.31. The molecule has 0 spiro atoms. The molecule has 1 unspecified atom stereocenters. The lowest BCUT2D eigenvalue weighted by Gasteiger charge is -2.26. The third kappa shape index (κ3) is 4.68. The highest BCUT2D eigenvalue weighted by molar-refractivity contribution is 5.66. The molecular formula is C14H17FN2O2. The lowest BCUT2D eigenvalue weighted by atomic mass is 10.1. The number of carboxylic acids is 1. The molecule has 1 N–H and O–H groups in total. The number of carboxylic acid groups (broad SMARTS) is 1. The first-order chi connectivity index (χ1) is 9.08. The standard InChI is InChI=1S/C14H17FN2O2/c1-2-8-17(9-7-14(18)19)13(10-16)11-3-5-12(15)6-4-11/h3-6,13H,2,7-9H2,1H3,(H,18,19). The van der Waals surface area contributed by atoms with Gasteiger partial charge in [-0.15, -0.1) is 0 Å². The lowest BCUT2D eigenvalue weighted by molar-refractivity contribution is -0.137. The number of hydrogen-bond donors (Lipinski definition) is 1. The molecule has 102 valence electrons. The van der Waals surface area contributed by atoms with E-state index in [1.807, 2.05) is 6.92 Å². The second kappa shape index (κ2) is 7.49. The van der Waals surface area contributed by atoms with E-state index in [0.717, 1.165) is 6.42 Å². The van der Waals surface area contributed by atoms with E-state index in [9.17, 15) is 14.4 Å². The Kier molecular flexibility index (Phi) is 5.97. The van der Waals surface area contributed by atoms with E-state index in [1.54, 1.807) is 17.0 Å². The van der Waals surface area contributed by atoms with Gasteiger partial charge in [0.1, 0.15) is 11.9 Å². The van der Waals surface area contributed by atoms with Crippen molar-refractivity contribution in [2.45, 2.75) is 25.8 Å². The van der Waals surface area contributed by atoms with E-state index in [2.05, 4.69) is 6.07 Å². The molecule has 0 radical (unpaired) electrons. The zero-order chi connectivity index (χ0) is 14.3. The number of halogens is 1. The van der Waals surface area contributed by atoms with Crippen molar-refractivity contribution in [3.05, 3.63) is 35.6 Å². The van der Waals surface area contributed by atoms with Crippen molar-refractivity contribution < 1.29 is 14.3 Å². The van der Waals surface area contributed by atoms with Gasteiger partial charge in [0.2, 0.25) is 0 Å². The summed E-state index contributed by atoms with van der Waals surface area (Å²) in [5, 5.41) is 18.0. The summed E-state index contributed by atoms with van der Waals surface area (Å²) in [7, 11) is 0. The highest BCUT2D eigenvalue weighted by Gasteiger charge is 2.20. The van der Waals surface area contributed by atoms with Gasteiger partial charge >= 0.3 is 5.97 Å². The molecule has 0 aromatic heterocycles. The predicted octanol–water partition coefficient (Wildman–Crippen LogP) is 2.58. The van der Waals surface area contributed by atoms with Crippen LogP contribution >= 0.6 is 0 Å². The molecule has 1 aromatic rings. The molecule has 0 aliphatic carbocycles. The predicted molar refractivity (Wildman–Crippen MR) is 68.9 cm³/mol. The molecule has 0 saturated heterocycles. The molecular weight excluding hydrogens is 247 g/mol. The van der Waals surface area contributed by atoms with Crippen molar-refractivity contribution >= 4 is 5.97 Å². The number of nitrogens with zero attached hydrogens (tertiary/aromatic N) is 2. The number of hydrogen-bond acceptors (Lipinski definition) is 3. The molecule has 0 aliphatic heterocycles. The average Bonchev–Trinajstić information content (AvgIpc) is 2.38. The van der Waals surface area contributed by atoms with Gasteiger partial charge in [0.25, 0.3) is 0 Å². The Balaban J connectivity index is 2.86. The summed E-state index contributed by atoms with van der Waals surface area (Å²) >= 11 is 0. The van der Waals surface area contributed by atoms with Crippen LogP contribution in [0.15, 0.2) is 24.3 Å². The average molecular weight is 264 g/mol. The number of rotatable bonds is 7. The summed E-state index contributed by atoms with van der Waals surface area (Å²) in [6, 6.07) is 7.35. The van der Waals surface area contributed by atoms with Crippen molar-refractivity contribution in [3.8, 4) is 6.07 Å². The van der Waals surface area contributed by atoms with Gasteiger partial charge in [0.15, 0.2) is 0 Å². The molecule has 0 heterocycles. The van der Waals surface area contributed by atoms with Gasteiger partial charge in [-0.2, -0.15) is 5.26 Å². The van der Waals surface area contributed by atoms with Crippen LogP contribution in [0.5, 0.6) is 0 Å². The maximum absolute atomic E-state index is 12.9. The minimum atomic E-state index is -0.892. The maximum Gasteiger partial charge on any atom is 0.304 e. The zero-order valence-corrected chi connectivity index (χ0v) is 10.8. The number of aliphatic carboxylic acids is 1. The maximum atomic E-state index is 12.9. The highest BCUT2D eigenvalue weighted by Crippen LogP contribution is 2.21. The first kappa shape index (κ1) is 15.1. The number of carbonyl (C=O) groups is 1. The van der Waals surface area contributed by atoms with Gasteiger partial charge in [-0.3, -0.25) is 9.69 Å². The number of nitriles is 1. The first-order valence-corrected chi connectivity index (χ1v) is 6.19. The van der Waals surface area contributed by atoms with Crippen LogP contribution in [0.1, 0.15) is 31.4 Å². The summed E-state index contributed by atoms with van der Waals surface area (Å²) in [6.45, 7) is 2.90. The normalized spacial score (nSPS) is 12.1. The Morgan fingerprint density at radius 2 is 2.05 bits per heavy atom. The van der Waals surface area contributed by atoms with E-state index in [1.165, 1.54) is 12.1 Å². The van der Waals surface area contributed by atoms with Crippen LogP contribution in [0.3, 0.4) is 0 Å². The third-order valence-electron chi connectivity index (χ3n) is 2.80. The van der Waals surface area contributed by atoms with E-state index in [-0.39, 0.29) is 12.2 Å². The summed E-state index contributed by atoms with van der Waals surface area (Å²) < 4.78 is 12.9. The van der Waals surface area contributed by atoms with Crippen LogP contribution < -0.4 is 0 Å². The minimum Gasteiger partial charge on any atom is -0.481 e. The Bertz CT molecular complexity index is 454. The molecule has 4 nitrogen and oxygen atoms in total. The Hall–Kier alpha value is -1.93. The molecule has 5 heteroatoms. The van der Waals surface area contributed by atoms with Crippen molar-refractivity contribution in [1.29, 1.82) is 5.26 Å². The Labute approximate surface area is 112 Å². The van der Waals surface area contributed by atoms with Crippen LogP contribution in [0.2, 0.25) is 0 Å². The van der Waals surface area contributed by atoms with Crippen LogP contribution in [0.25, 0.3) is 0 Å².